The fourth-order valence-electron chi connectivity index (χ4n) is 2.18. The molecule has 0 fully saturated rings. The number of amides is 1. The van der Waals surface area contributed by atoms with Crippen LogP contribution in [0.15, 0.2) is 42.5 Å². The van der Waals surface area contributed by atoms with E-state index < -0.39 is 23.4 Å². The number of benzene rings is 2. The van der Waals surface area contributed by atoms with Crippen molar-refractivity contribution < 1.29 is 24.0 Å². The minimum absolute atomic E-state index is 0.151. The zero-order valence-corrected chi connectivity index (χ0v) is 14.4. The molecule has 8 heteroatoms. The van der Waals surface area contributed by atoms with Gasteiger partial charge in [-0.25, -0.2) is 4.79 Å². The molecule has 0 heterocycles. The quantitative estimate of drug-likeness (QED) is 0.463. The number of carbonyl (C=O) groups is 2. The van der Waals surface area contributed by atoms with Crippen molar-refractivity contribution in [1.82, 2.24) is 0 Å². The Morgan fingerprint density at radius 3 is 2.58 bits per heavy atom. The Hall–Kier alpha value is -3.42. The standard InChI is InChI=1S/C18H18N2O6/c1-12-6-7-16(13(2)8-12)25-11-18(22)26-10-17(21)19-14-4-3-5-15(9-14)20(23)24/h3-9H,10-11H2,1-2H3,(H,19,21). The van der Waals surface area contributed by atoms with Crippen molar-refractivity contribution in [3.63, 3.8) is 0 Å². The van der Waals surface area contributed by atoms with Gasteiger partial charge in [0, 0.05) is 17.8 Å². The third-order valence-electron chi connectivity index (χ3n) is 3.38. The summed E-state index contributed by atoms with van der Waals surface area (Å²) < 4.78 is 10.2. The van der Waals surface area contributed by atoms with Gasteiger partial charge >= 0.3 is 5.97 Å². The zero-order chi connectivity index (χ0) is 19.1. The van der Waals surface area contributed by atoms with Crippen LogP contribution < -0.4 is 10.1 Å². The average Bonchev–Trinajstić information content (AvgIpc) is 2.59. The first-order valence-corrected chi connectivity index (χ1v) is 7.75. The third-order valence-corrected chi connectivity index (χ3v) is 3.38. The van der Waals surface area contributed by atoms with Crippen LogP contribution in [0, 0.1) is 24.0 Å². The summed E-state index contributed by atoms with van der Waals surface area (Å²) in [6.07, 6.45) is 0. The smallest absolute Gasteiger partial charge is 0.344 e. The molecule has 0 saturated carbocycles. The number of aryl methyl sites for hydroxylation is 2. The number of hydrogen-bond donors (Lipinski definition) is 1. The minimum atomic E-state index is -0.695. The Labute approximate surface area is 149 Å². The zero-order valence-electron chi connectivity index (χ0n) is 14.4. The molecular formula is C18H18N2O6. The summed E-state index contributed by atoms with van der Waals surface area (Å²) in [4.78, 5) is 33.6. The maximum atomic E-state index is 11.8. The number of hydrogen-bond acceptors (Lipinski definition) is 6. The lowest BCUT2D eigenvalue weighted by atomic mass is 10.1. The van der Waals surface area contributed by atoms with Crippen LogP contribution >= 0.6 is 0 Å². The predicted octanol–water partition coefficient (Wildman–Crippen LogP) is 2.77. The number of non-ortho nitro benzene ring substituents is 1. The van der Waals surface area contributed by atoms with Crippen molar-refractivity contribution in [2.75, 3.05) is 18.5 Å². The maximum Gasteiger partial charge on any atom is 0.344 e. The summed E-state index contributed by atoms with van der Waals surface area (Å²) >= 11 is 0. The van der Waals surface area contributed by atoms with Gasteiger partial charge in [0.2, 0.25) is 0 Å². The number of esters is 1. The number of carbonyl (C=O) groups excluding carboxylic acids is 2. The fourth-order valence-corrected chi connectivity index (χ4v) is 2.18. The number of rotatable bonds is 7. The molecule has 0 unspecified atom stereocenters. The summed E-state index contributed by atoms with van der Waals surface area (Å²) in [7, 11) is 0. The fraction of sp³-hybridized carbons (Fsp3) is 0.222. The van der Waals surface area contributed by atoms with Gasteiger partial charge < -0.3 is 14.8 Å². The van der Waals surface area contributed by atoms with Crippen LogP contribution in [0.25, 0.3) is 0 Å². The highest BCUT2D eigenvalue weighted by atomic mass is 16.6. The molecular weight excluding hydrogens is 340 g/mol. The molecule has 0 aliphatic rings. The number of nitro groups is 1. The molecule has 8 nitrogen and oxygen atoms in total. The second-order valence-corrected chi connectivity index (χ2v) is 5.57. The minimum Gasteiger partial charge on any atom is -0.482 e. The third kappa shape index (κ3) is 5.59. The lowest BCUT2D eigenvalue weighted by Crippen LogP contribution is -2.23. The maximum absolute atomic E-state index is 11.8. The Kier molecular flexibility index (Phi) is 6.26. The van der Waals surface area contributed by atoms with E-state index in [4.69, 9.17) is 9.47 Å². The van der Waals surface area contributed by atoms with E-state index in [2.05, 4.69) is 5.32 Å². The van der Waals surface area contributed by atoms with E-state index >= 15 is 0 Å². The van der Waals surface area contributed by atoms with E-state index in [1.165, 1.54) is 24.3 Å². The van der Waals surface area contributed by atoms with Gasteiger partial charge in [0.15, 0.2) is 13.2 Å². The number of nitro benzene ring substituents is 1. The molecule has 0 aliphatic carbocycles. The number of nitrogens with zero attached hydrogens (tertiary/aromatic N) is 1. The normalized spacial score (nSPS) is 10.1. The van der Waals surface area contributed by atoms with Gasteiger partial charge in [-0.2, -0.15) is 0 Å². The molecule has 2 rings (SSSR count). The summed E-state index contributed by atoms with van der Waals surface area (Å²) in [6, 6.07) is 11.0. The van der Waals surface area contributed by atoms with Crippen molar-refractivity contribution in [3.05, 3.63) is 63.7 Å². The van der Waals surface area contributed by atoms with Crippen LogP contribution in [0.5, 0.6) is 5.75 Å². The van der Waals surface area contributed by atoms with Gasteiger partial charge in [-0.1, -0.05) is 23.8 Å². The number of ether oxygens (including phenoxy) is 2. The first-order valence-electron chi connectivity index (χ1n) is 7.75. The van der Waals surface area contributed by atoms with Gasteiger partial charge in [0.25, 0.3) is 11.6 Å². The van der Waals surface area contributed by atoms with E-state index in [9.17, 15) is 19.7 Å². The first kappa shape index (κ1) is 18.9. The Morgan fingerprint density at radius 1 is 1.12 bits per heavy atom. The van der Waals surface area contributed by atoms with Crippen molar-refractivity contribution >= 4 is 23.3 Å². The second-order valence-electron chi connectivity index (χ2n) is 5.57. The largest absolute Gasteiger partial charge is 0.482 e. The van der Waals surface area contributed by atoms with E-state index in [-0.39, 0.29) is 18.0 Å². The molecule has 0 saturated heterocycles. The van der Waals surface area contributed by atoms with Crippen LogP contribution in [0.1, 0.15) is 11.1 Å². The van der Waals surface area contributed by atoms with Crippen LogP contribution in [-0.2, 0) is 14.3 Å². The lowest BCUT2D eigenvalue weighted by Gasteiger charge is -2.10. The van der Waals surface area contributed by atoms with Crippen LogP contribution in [0.4, 0.5) is 11.4 Å². The lowest BCUT2D eigenvalue weighted by molar-refractivity contribution is -0.384. The molecule has 0 radical (unpaired) electrons. The van der Waals surface area contributed by atoms with Crippen LogP contribution in [0.3, 0.4) is 0 Å². The second kappa shape index (κ2) is 8.61. The van der Waals surface area contributed by atoms with E-state index in [0.717, 1.165) is 11.1 Å². The van der Waals surface area contributed by atoms with Gasteiger partial charge in [-0.15, -0.1) is 0 Å². The SMILES string of the molecule is Cc1ccc(OCC(=O)OCC(=O)Nc2cccc([N+](=O)[O-])c2)c(C)c1. The topological polar surface area (TPSA) is 108 Å². The van der Waals surface area contributed by atoms with E-state index in [1.54, 1.807) is 6.07 Å². The molecule has 0 aromatic heterocycles. The molecule has 1 N–H and O–H groups in total. The summed E-state index contributed by atoms with van der Waals surface area (Å²) in [5.41, 5.74) is 2.06. The monoisotopic (exact) mass is 358 g/mol. The Balaban J connectivity index is 1.78. The van der Waals surface area contributed by atoms with Crippen molar-refractivity contribution in [1.29, 1.82) is 0 Å². The van der Waals surface area contributed by atoms with Crippen molar-refractivity contribution in [2.24, 2.45) is 0 Å². The molecule has 0 spiro atoms. The summed E-state index contributed by atoms with van der Waals surface area (Å²) in [5.74, 6) is -0.738. The molecule has 0 aliphatic heterocycles. The molecule has 136 valence electrons. The number of nitrogens with one attached hydrogen (secondary N) is 1. The molecule has 0 bridgehead atoms. The summed E-state index contributed by atoms with van der Waals surface area (Å²) in [5, 5.41) is 13.1. The highest BCUT2D eigenvalue weighted by Crippen LogP contribution is 2.19. The highest BCUT2D eigenvalue weighted by molar-refractivity contribution is 5.93. The van der Waals surface area contributed by atoms with Gasteiger partial charge in [-0.05, 0) is 31.5 Å². The Bertz CT molecular complexity index is 834. The van der Waals surface area contributed by atoms with Gasteiger partial charge in [0.05, 0.1) is 4.92 Å². The van der Waals surface area contributed by atoms with Gasteiger partial charge in [0.1, 0.15) is 5.75 Å². The molecule has 26 heavy (non-hydrogen) atoms. The van der Waals surface area contributed by atoms with Crippen molar-refractivity contribution in [3.8, 4) is 5.75 Å². The highest BCUT2D eigenvalue weighted by Gasteiger charge is 2.11. The van der Waals surface area contributed by atoms with Crippen LogP contribution in [0.2, 0.25) is 0 Å². The van der Waals surface area contributed by atoms with E-state index in [0.29, 0.717) is 5.75 Å². The Morgan fingerprint density at radius 2 is 1.88 bits per heavy atom. The summed E-state index contributed by atoms with van der Waals surface area (Å²) in [6.45, 7) is 2.97. The van der Waals surface area contributed by atoms with Gasteiger partial charge in [-0.3, -0.25) is 14.9 Å². The van der Waals surface area contributed by atoms with Crippen LogP contribution in [-0.4, -0.2) is 30.0 Å². The first-order chi connectivity index (χ1) is 12.3. The van der Waals surface area contributed by atoms with E-state index in [1.807, 2.05) is 26.0 Å². The molecule has 1 amide bonds. The number of anilines is 1. The van der Waals surface area contributed by atoms with Crippen molar-refractivity contribution in [2.45, 2.75) is 13.8 Å². The predicted molar refractivity (Wildman–Crippen MR) is 94.1 cm³/mol. The average molecular weight is 358 g/mol. The molecule has 2 aromatic rings. The molecule has 2 aromatic carbocycles. The molecule has 0 atom stereocenters.